The van der Waals surface area contributed by atoms with E-state index >= 15 is 0 Å². The first-order chi connectivity index (χ1) is 6.36. The molecule has 84 valence electrons. The SMILES string of the molecule is CC(C)C(S)C(=O)NC(C)(CO)CO. The predicted molar refractivity (Wildman–Crippen MR) is 58.3 cm³/mol. The molecule has 1 atom stereocenters. The standard InChI is InChI=1S/C9H19NO3S/c1-6(2)7(14)8(13)10-9(3,4-11)5-12/h6-7,11-12,14H,4-5H2,1-3H3,(H,10,13). The number of amides is 1. The minimum Gasteiger partial charge on any atom is -0.394 e. The second kappa shape index (κ2) is 5.58. The molecule has 0 aromatic carbocycles. The number of aliphatic hydroxyl groups is 2. The molecular formula is C9H19NO3S. The van der Waals surface area contributed by atoms with Gasteiger partial charge in [-0.25, -0.2) is 0 Å². The Morgan fingerprint density at radius 2 is 1.86 bits per heavy atom. The first-order valence-corrected chi connectivity index (χ1v) is 5.09. The molecule has 0 saturated carbocycles. The predicted octanol–water partition coefficient (Wildman–Crippen LogP) is -0.200. The highest BCUT2D eigenvalue weighted by atomic mass is 32.1. The number of carbonyl (C=O) groups excluding carboxylic acids is 1. The van der Waals surface area contributed by atoms with Gasteiger partial charge in [-0.15, -0.1) is 0 Å². The van der Waals surface area contributed by atoms with Gasteiger partial charge in [0.2, 0.25) is 5.91 Å². The molecule has 0 aliphatic rings. The Kier molecular flexibility index (Phi) is 5.48. The Morgan fingerprint density at radius 1 is 1.43 bits per heavy atom. The maximum Gasteiger partial charge on any atom is 0.233 e. The largest absolute Gasteiger partial charge is 0.394 e. The van der Waals surface area contributed by atoms with Crippen molar-refractivity contribution in [2.24, 2.45) is 5.92 Å². The molecule has 0 aromatic rings. The van der Waals surface area contributed by atoms with Crippen LogP contribution in [-0.4, -0.2) is 40.1 Å². The van der Waals surface area contributed by atoms with Gasteiger partial charge >= 0.3 is 0 Å². The quantitative estimate of drug-likeness (QED) is 0.486. The van der Waals surface area contributed by atoms with Gasteiger partial charge in [0.15, 0.2) is 0 Å². The molecule has 1 amide bonds. The van der Waals surface area contributed by atoms with Gasteiger partial charge in [0.25, 0.3) is 0 Å². The number of thiol groups is 1. The highest BCUT2D eigenvalue weighted by Crippen LogP contribution is 2.11. The molecule has 0 rings (SSSR count). The van der Waals surface area contributed by atoms with Gasteiger partial charge in [0, 0.05) is 0 Å². The van der Waals surface area contributed by atoms with Crippen LogP contribution in [0.25, 0.3) is 0 Å². The van der Waals surface area contributed by atoms with Gasteiger partial charge in [-0.05, 0) is 12.8 Å². The highest BCUT2D eigenvalue weighted by molar-refractivity contribution is 7.81. The van der Waals surface area contributed by atoms with Crippen molar-refractivity contribution in [3.8, 4) is 0 Å². The summed E-state index contributed by atoms with van der Waals surface area (Å²) >= 11 is 4.13. The molecule has 0 aliphatic carbocycles. The monoisotopic (exact) mass is 221 g/mol. The number of carbonyl (C=O) groups is 1. The van der Waals surface area contributed by atoms with Gasteiger partial charge in [0.05, 0.1) is 24.0 Å². The average molecular weight is 221 g/mol. The summed E-state index contributed by atoms with van der Waals surface area (Å²) in [6.07, 6.45) is 0. The van der Waals surface area contributed by atoms with Crippen LogP contribution in [0.15, 0.2) is 0 Å². The fourth-order valence-corrected chi connectivity index (χ4v) is 0.868. The van der Waals surface area contributed by atoms with Crippen LogP contribution in [0.3, 0.4) is 0 Å². The Morgan fingerprint density at radius 3 is 2.14 bits per heavy atom. The number of rotatable bonds is 5. The van der Waals surface area contributed by atoms with E-state index in [-0.39, 0.29) is 25.0 Å². The van der Waals surface area contributed by atoms with Crippen molar-refractivity contribution in [1.29, 1.82) is 0 Å². The first kappa shape index (κ1) is 13.7. The van der Waals surface area contributed by atoms with Crippen molar-refractivity contribution < 1.29 is 15.0 Å². The minimum atomic E-state index is -0.965. The van der Waals surface area contributed by atoms with Crippen LogP contribution >= 0.6 is 12.6 Å². The summed E-state index contributed by atoms with van der Waals surface area (Å²) in [5.41, 5.74) is -0.965. The minimum absolute atomic E-state index is 0.111. The maximum absolute atomic E-state index is 11.5. The van der Waals surface area contributed by atoms with Crippen LogP contribution in [0.2, 0.25) is 0 Å². The number of aliphatic hydroxyl groups excluding tert-OH is 2. The Bertz CT molecular complexity index is 192. The zero-order valence-electron chi connectivity index (χ0n) is 8.82. The van der Waals surface area contributed by atoms with Crippen LogP contribution < -0.4 is 5.32 Å². The van der Waals surface area contributed by atoms with Crippen molar-refractivity contribution in [2.45, 2.75) is 31.6 Å². The molecule has 0 fully saturated rings. The lowest BCUT2D eigenvalue weighted by Gasteiger charge is -2.28. The first-order valence-electron chi connectivity index (χ1n) is 4.58. The van der Waals surface area contributed by atoms with Gasteiger partial charge < -0.3 is 15.5 Å². The molecule has 0 radical (unpaired) electrons. The topological polar surface area (TPSA) is 69.6 Å². The fourth-order valence-electron chi connectivity index (χ4n) is 0.803. The van der Waals surface area contributed by atoms with Gasteiger partial charge in [-0.2, -0.15) is 12.6 Å². The summed E-state index contributed by atoms with van der Waals surface area (Å²) in [7, 11) is 0. The zero-order valence-corrected chi connectivity index (χ0v) is 9.71. The average Bonchev–Trinajstić information content (AvgIpc) is 2.16. The third kappa shape index (κ3) is 3.86. The Labute approximate surface area is 90.1 Å². The summed E-state index contributed by atoms with van der Waals surface area (Å²) in [5.74, 6) is -0.158. The second-order valence-electron chi connectivity index (χ2n) is 4.05. The fraction of sp³-hybridized carbons (Fsp3) is 0.889. The molecule has 0 bridgehead atoms. The van der Waals surface area contributed by atoms with Crippen molar-refractivity contribution in [3.05, 3.63) is 0 Å². The second-order valence-corrected chi connectivity index (χ2v) is 4.61. The molecule has 0 saturated heterocycles. The van der Waals surface area contributed by atoms with Crippen molar-refractivity contribution in [3.63, 3.8) is 0 Å². The smallest absolute Gasteiger partial charge is 0.233 e. The number of hydrogen-bond donors (Lipinski definition) is 4. The lowest BCUT2D eigenvalue weighted by atomic mass is 10.0. The molecule has 0 spiro atoms. The van der Waals surface area contributed by atoms with Crippen LogP contribution in [0, 0.1) is 5.92 Å². The van der Waals surface area contributed by atoms with Crippen molar-refractivity contribution in [2.75, 3.05) is 13.2 Å². The molecule has 0 heterocycles. The van der Waals surface area contributed by atoms with Gasteiger partial charge in [0.1, 0.15) is 0 Å². The normalized spacial score (nSPS) is 14.2. The van der Waals surface area contributed by atoms with Crippen LogP contribution in [0.1, 0.15) is 20.8 Å². The van der Waals surface area contributed by atoms with E-state index in [1.165, 1.54) is 0 Å². The maximum atomic E-state index is 11.5. The molecule has 5 heteroatoms. The van der Waals surface area contributed by atoms with E-state index in [0.29, 0.717) is 0 Å². The molecular weight excluding hydrogens is 202 g/mol. The molecule has 0 aromatic heterocycles. The Balaban J connectivity index is 4.30. The van der Waals surface area contributed by atoms with E-state index < -0.39 is 10.8 Å². The molecule has 4 nitrogen and oxygen atoms in total. The van der Waals surface area contributed by atoms with E-state index in [0.717, 1.165) is 0 Å². The summed E-state index contributed by atoms with van der Waals surface area (Å²) in [4.78, 5) is 11.5. The molecule has 0 aliphatic heterocycles. The zero-order chi connectivity index (χ0) is 11.4. The third-order valence-electron chi connectivity index (χ3n) is 2.02. The van der Waals surface area contributed by atoms with E-state index in [4.69, 9.17) is 10.2 Å². The third-order valence-corrected chi connectivity index (χ3v) is 2.85. The molecule has 14 heavy (non-hydrogen) atoms. The van der Waals surface area contributed by atoms with Crippen molar-refractivity contribution in [1.82, 2.24) is 5.32 Å². The lowest BCUT2D eigenvalue weighted by Crippen LogP contribution is -2.54. The van der Waals surface area contributed by atoms with Crippen LogP contribution in [-0.2, 0) is 4.79 Å². The number of hydrogen-bond acceptors (Lipinski definition) is 4. The van der Waals surface area contributed by atoms with Crippen molar-refractivity contribution >= 4 is 18.5 Å². The van der Waals surface area contributed by atoms with E-state index in [1.54, 1.807) is 6.92 Å². The van der Waals surface area contributed by atoms with Gasteiger partial charge in [-0.1, -0.05) is 13.8 Å². The van der Waals surface area contributed by atoms with E-state index in [1.807, 2.05) is 13.8 Å². The summed E-state index contributed by atoms with van der Waals surface area (Å²) < 4.78 is 0. The molecule has 1 unspecified atom stereocenters. The summed E-state index contributed by atoms with van der Waals surface area (Å²) in [5, 5.41) is 20.0. The molecule has 3 N–H and O–H groups in total. The van der Waals surface area contributed by atoms with Crippen LogP contribution in [0.4, 0.5) is 0 Å². The Hall–Kier alpha value is -0.260. The van der Waals surface area contributed by atoms with Gasteiger partial charge in [-0.3, -0.25) is 4.79 Å². The highest BCUT2D eigenvalue weighted by Gasteiger charge is 2.28. The number of nitrogens with one attached hydrogen (secondary N) is 1. The van der Waals surface area contributed by atoms with E-state index in [9.17, 15) is 4.79 Å². The van der Waals surface area contributed by atoms with E-state index in [2.05, 4.69) is 17.9 Å². The summed E-state index contributed by atoms with van der Waals surface area (Å²) in [6, 6.07) is 0. The lowest BCUT2D eigenvalue weighted by molar-refractivity contribution is -0.124. The van der Waals surface area contributed by atoms with Crippen LogP contribution in [0.5, 0.6) is 0 Å². The summed E-state index contributed by atoms with van der Waals surface area (Å²) in [6.45, 7) is 4.74.